The highest BCUT2D eigenvalue weighted by Gasteiger charge is 2.37. The quantitative estimate of drug-likeness (QED) is 0.743. The third-order valence-electron chi connectivity index (χ3n) is 5.13. The van der Waals surface area contributed by atoms with Crippen LogP contribution in [0.5, 0.6) is 0 Å². The van der Waals surface area contributed by atoms with E-state index in [1.54, 1.807) is 4.90 Å². The third-order valence-corrected chi connectivity index (χ3v) is 5.13. The van der Waals surface area contributed by atoms with Crippen LogP contribution in [0, 0.1) is 5.82 Å². The van der Waals surface area contributed by atoms with Crippen molar-refractivity contribution in [3.63, 3.8) is 0 Å². The average Bonchev–Trinajstić information content (AvgIpc) is 3.14. The van der Waals surface area contributed by atoms with Crippen LogP contribution in [0.1, 0.15) is 39.0 Å². The van der Waals surface area contributed by atoms with E-state index in [2.05, 4.69) is 10.4 Å². The zero-order valence-electron chi connectivity index (χ0n) is 16.4. The minimum Gasteiger partial charge on any atom is -0.368 e. The molecular weight excluding hydrogens is 377 g/mol. The molecule has 2 heterocycles. The Morgan fingerprint density at radius 2 is 2.00 bits per heavy atom. The molecule has 2 atom stereocenters. The number of hydrogen-bond acceptors (Lipinski definition) is 5. The summed E-state index contributed by atoms with van der Waals surface area (Å²) in [4.78, 5) is 38.4. The van der Waals surface area contributed by atoms with E-state index in [1.807, 2.05) is 6.92 Å². The van der Waals surface area contributed by atoms with Crippen LogP contribution in [0.4, 0.5) is 10.1 Å². The van der Waals surface area contributed by atoms with Crippen molar-refractivity contribution in [1.29, 1.82) is 0 Å². The van der Waals surface area contributed by atoms with Gasteiger partial charge in [-0.2, -0.15) is 5.10 Å². The van der Waals surface area contributed by atoms with Crippen molar-refractivity contribution in [1.82, 2.24) is 10.2 Å². The molecule has 3 rings (SSSR count). The first-order valence-electron chi connectivity index (χ1n) is 9.89. The Hall–Kier alpha value is -2.97. The Balaban J connectivity index is 1.72. The fourth-order valence-corrected chi connectivity index (χ4v) is 3.68. The van der Waals surface area contributed by atoms with Crippen LogP contribution in [0.3, 0.4) is 0 Å². The normalized spacial score (nSPS) is 21.7. The number of nitrogens with zero attached hydrogens (tertiary/aromatic N) is 3. The number of halogens is 1. The molecule has 1 fully saturated rings. The first-order chi connectivity index (χ1) is 13.9. The maximum absolute atomic E-state index is 13.2. The molecule has 156 valence electrons. The Labute approximate surface area is 168 Å². The van der Waals surface area contributed by atoms with Gasteiger partial charge in [0.2, 0.25) is 11.8 Å². The van der Waals surface area contributed by atoms with Crippen LogP contribution in [-0.4, -0.2) is 53.5 Å². The summed E-state index contributed by atoms with van der Waals surface area (Å²) in [5, 5.41) is 8.67. The molecule has 9 heteroatoms. The number of benzene rings is 1. The number of piperidine rings is 1. The minimum atomic E-state index is -0.802. The number of nitrogens with two attached hydrogens (primary N) is 1. The van der Waals surface area contributed by atoms with Gasteiger partial charge in [-0.05, 0) is 43.5 Å². The molecule has 1 aromatic rings. The smallest absolute Gasteiger partial charge is 0.270 e. The SMILES string of the molecule is CCCC(=O)NC1CCCN(C(=O)C2=NN(c3ccc(F)cc3)C(C(N)=O)C2)C1. The largest absolute Gasteiger partial charge is 0.368 e. The summed E-state index contributed by atoms with van der Waals surface area (Å²) in [5.41, 5.74) is 6.22. The number of hydrazone groups is 1. The number of amides is 3. The van der Waals surface area contributed by atoms with Gasteiger partial charge < -0.3 is 16.0 Å². The van der Waals surface area contributed by atoms with Crippen LogP contribution >= 0.6 is 0 Å². The van der Waals surface area contributed by atoms with Crippen molar-refractivity contribution >= 4 is 29.1 Å². The van der Waals surface area contributed by atoms with Gasteiger partial charge in [0.25, 0.3) is 5.91 Å². The van der Waals surface area contributed by atoms with E-state index in [0.717, 1.165) is 19.3 Å². The number of carbonyl (C=O) groups is 3. The van der Waals surface area contributed by atoms with E-state index >= 15 is 0 Å². The van der Waals surface area contributed by atoms with E-state index < -0.39 is 17.8 Å². The number of anilines is 1. The summed E-state index contributed by atoms with van der Waals surface area (Å²) in [6.07, 6.45) is 2.92. The van der Waals surface area contributed by atoms with E-state index in [-0.39, 0.29) is 30.0 Å². The lowest BCUT2D eigenvalue weighted by Gasteiger charge is -2.33. The number of primary amides is 1. The van der Waals surface area contributed by atoms with Crippen LogP contribution < -0.4 is 16.1 Å². The topological polar surface area (TPSA) is 108 Å². The molecule has 0 aliphatic carbocycles. The lowest BCUT2D eigenvalue weighted by atomic mass is 10.0. The number of hydrogen-bond donors (Lipinski definition) is 2. The van der Waals surface area contributed by atoms with E-state index in [4.69, 9.17) is 5.73 Å². The second-order valence-electron chi connectivity index (χ2n) is 7.40. The number of carbonyl (C=O) groups excluding carboxylic acids is 3. The van der Waals surface area contributed by atoms with Crippen molar-refractivity contribution in [3.8, 4) is 0 Å². The highest BCUT2D eigenvalue weighted by Crippen LogP contribution is 2.26. The lowest BCUT2D eigenvalue weighted by molar-refractivity contribution is -0.127. The average molecular weight is 403 g/mol. The third kappa shape index (κ3) is 4.90. The molecule has 0 saturated carbocycles. The zero-order chi connectivity index (χ0) is 21.0. The highest BCUT2D eigenvalue weighted by molar-refractivity contribution is 6.40. The van der Waals surface area contributed by atoms with Crippen LogP contribution in [0.15, 0.2) is 29.4 Å². The monoisotopic (exact) mass is 403 g/mol. The summed E-state index contributed by atoms with van der Waals surface area (Å²) in [7, 11) is 0. The van der Waals surface area contributed by atoms with Crippen LogP contribution in [0.2, 0.25) is 0 Å². The molecule has 0 bridgehead atoms. The summed E-state index contributed by atoms with van der Waals surface area (Å²) in [5.74, 6) is -1.30. The van der Waals surface area contributed by atoms with Crippen molar-refractivity contribution in [3.05, 3.63) is 30.1 Å². The number of rotatable bonds is 6. The Morgan fingerprint density at radius 1 is 1.28 bits per heavy atom. The Bertz CT molecular complexity index is 811. The highest BCUT2D eigenvalue weighted by atomic mass is 19.1. The summed E-state index contributed by atoms with van der Waals surface area (Å²) in [6.45, 7) is 2.91. The van der Waals surface area contributed by atoms with Gasteiger partial charge >= 0.3 is 0 Å². The number of likely N-dealkylation sites (tertiary alicyclic amines) is 1. The molecule has 2 unspecified atom stereocenters. The maximum Gasteiger partial charge on any atom is 0.270 e. The molecule has 3 N–H and O–H groups in total. The van der Waals surface area contributed by atoms with E-state index in [0.29, 0.717) is 25.2 Å². The summed E-state index contributed by atoms with van der Waals surface area (Å²) >= 11 is 0. The molecule has 0 aromatic heterocycles. The standard InChI is InChI=1S/C20H26FN5O3/c1-2-4-18(27)23-14-5-3-10-25(12-14)20(29)16-11-17(19(22)28)26(24-16)15-8-6-13(21)7-9-15/h6-9,14,17H,2-5,10-12H2,1H3,(H2,22,28)(H,23,27). The van der Waals surface area contributed by atoms with Gasteiger partial charge in [0.15, 0.2) is 0 Å². The fraction of sp³-hybridized carbons (Fsp3) is 0.500. The maximum atomic E-state index is 13.2. The van der Waals surface area contributed by atoms with Gasteiger partial charge in [0.05, 0.1) is 5.69 Å². The molecule has 2 aliphatic heterocycles. The summed E-state index contributed by atoms with van der Waals surface area (Å²) in [6, 6.07) is 4.61. The molecule has 8 nitrogen and oxygen atoms in total. The first kappa shape index (κ1) is 20.8. The summed E-state index contributed by atoms with van der Waals surface area (Å²) < 4.78 is 13.2. The molecule has 2 aliphatic rings. The molecule has 0 radical (unpaired) electrons. The number of nitrogens with one attached hydrogen (secondary N) is 1. The zero-order valence-corrected chi connectivity index (χ0v) is 16.4. The second-order valence-corrected chi connectivity index (χ2v) is 7.40. The van der Waals surface area contributed by atoms with Gasteiger partial charge in [0.1, 0.15) is 17.6 Å². The Kier molecular flexibility index (Phi) is 6.46. The first-order valence-corrected chi connectivity index (χ1v) is 9.89. The Morgan fingerprint density at radius 3 is 2.66 bits per heavy atom. The second kappa shape index (κ2) is 9.02. The van der Waals surface area contributed by atoms with Gasteiger partial charge in [-0.15, -0.1) is 0 Å². The fourth-order valence-electron chi connectivity index (χ4n) is 3.68. The van der Waals surface area contributed by atoms with Crippen molar-refractivity contribution < 1.29 is 18.8 Å². The van der Waals surface area contributed by atoms with Crippen LogP contribution in [-0.2, 0) is 14.4 Å². The van der Waals surface area contributed by atoms with Crippen molar-refractivity contribution in [2.45, 2.75) is 51.1 Å². The molecule has 29 heavy (non-hydrogen) atoms. The molecule has 1 saturated heterocycles. The van der Waals surface area contributed by atoms with Gasteiger partial charge in [-0.1, -0.05) is 6.92 Å². The molecular formula is C20H26FN5O3. The van der Waals surface area contributed by atoms with Gasteiger partial charge in [0, 0.05) is 32.0 Å². The predicted molar refractivity (Wildman–Crippen MR) is 107 cm³/mol. The van der Waals surface area contributed by atoms with Gasteiger partial charge in [-0.25, -0.2) is 4.39 Å². The van der Waals surface area contributed by atoms with E-state index in [9.17, 15) is 18.8 Å². The predicted octanol–water partition coefficient (Wildman–Crippen LogP) is 1.15. The lowest BCUT2D eigenvalue weighted by Crippen LogP contribution is -2.51. The van der Waals surface area contributed by atoms with Gasteiger partial charge in [-0.3, -0.25) is 19.4 Å². The molecule has 0 spiro atoms. The molecule has 1 aromatic carbocycles. The van der Waals surface area contributed by atoms with Crippen LogP contribution in [0.25, 0.3) is 0 Å². The molecule has 3 amide bonds. The van der Waals surface area contributed by atoms with Crippen molar-refractivity contribution in [2.75, 3.05) is 18.1 Å². The van der Waals surface area contributed by atoms with Crippen molar-refractivity contribution in [2.24, 2.45) is 10.8 Å². The minimum absolute atomic E-state index is 0.0127. The van der Waals surface area contributed by atoms with E-state index in [1.165, 1.54) is 29.3 Å².